The fraction of sp³-hybridized carbons (Fsp3) is 0.711. The second-order valence-electron chi connectivity index (χ2n) is 15.9. The van der Waals surface area contributed by atoms with E-state index in [2.05, 4.69) is 29.6 Å². The van der Waals surface area contributed by atoms with Gasteiger partial charge in [0, 0.05) is 11.3 Å². The minimum atomic E-state index is -1.32. The molecule has 0 bridgehead atoms. The number of hydrogen-bond donors (Lipinski definition) is 3. The van der Waals surface area contributed by atoms with Crippen LogP contribution in [0, 0.1) is 0 Å². The Kier molecular flexibility index (Phi) is 24.8. The molecule has 0 aromatic carbocycles. The van der Waals surface area contributed by atoms with Gasteiger partial charge in [0.15, 0.2) is 11.9 Å². The maximum Gasteiger partial charge on any atom is 0.404 e. The van der Waals surface area contributed by atoms with Crippen molar-refractivity contribution in [1.82, 2.24) is 15.5 Å². The van der Waals surface area contributed by atoms with Crippen molar-refractivity contribution in [3.8, 4) is 0 Å². The van der Waals surface area contributed by atoms with Gasteiger partial charge in [0.05, 0.1) is 13.4 Å². The van der Waals surface area contributed by atoms with Crippen molar-refractivity contribution in [1.29, 1.82) is 0 Å². The van der Waals surface area contributed by atoms with Crippen molar-refractivity contribution in [2.45, 2.75) is 179 Å². The van der Waals surface area contributed by atoms with Gasteiger partial charge in [0.25, 0.3) is 17.7 Å². The second kappa shape index (κ2) is 29.7. The molecular weight excluding hydrogens is 819 g/mol. The zero-order valence-corrected chi connectivity index (χ0v) is 38.2. The van der Waals surface area contributed by atoms with Crippen LogP contribution in [0.2, 0.25) is 0 Å². The van der Waals surface area contributed by atoms with Crippen molar-refractivity contribution < 1.29 is 52.2 Å². The van der Waals surface area contributed by atoms with Crippen LogP contribution in [-0.4, -0.2) is 96.5 Å². The number of thioether (sulfide) groups is 1. The van der Waals surface area contributed by atoms with E-state index in [9.17, 15) is 28.8 Å². The Morgan fingerprint density at radius 3 is 1.94 bits per heavy atom. The van der Waals surface area contributed by atoms with Crippen LogP contribution >= 0.6 is 11.8 Å². The molecule has 4 atom stereocenters. The number of fused-ring (bicyclic) bond motifs is 1. The van der Waals surface area contributed by atoms with Crippen molar-refractivity contribution in [3.63, 3.8) is 0 Å². The molecule has 62 heavy (non-hydrogen) atoms. The standard InChI is InChI=1S/C45H71N5O11S/c1-5-7-9-11-13-15-17-19-21-23-26-33(43(54)57-3)47-39(51)35(27-24-22-20-18-16-14-12-10-8-6-2)61-44(55)38-32(30-60-45(46)56)31-62-42-37(41(53)50(38)42)48-40(52)36(49-58-4)34-28-25-29-59-34/h25,28-29,33,35,37,42H,5-24,26-27,30-31H2,1-4H3,(H2,46,56)(H,47,51)(H,48,52)/b49-36-/t33?,35-,37+,42+/m0/s1. The Hall–Kier alpha value is -4.54. The molecule has 4 amide bonds. The van der Waals surface area contributed by atoms with Crippen LogP contribution in [0.15, 0.2) is 39.2 Å². The van der Waals surface area contributed by atoms with Gasteiger partial charge in [-0.1, -0.05) is 141 Å². The number of esters is 2. The lowest BCUT2D eigenvalue weighted by molar-refractivity contribution is -0.160. The molecule has 1 saturated heterocycles. The molecule has 1 aromatic rings. The molecule has 4 N–H and O–H groups in total. The highest BCUT2D eigenvalue weighted by atomic mass is 32.2. The van der Waals surface area contributed by atoms with Gasteiger partial charge in [-0.2, -0.15) is 0 Å². The molecular formula is C45H71N5O11S. The van der Waals surface area contributed by atoms with Crippen LogP contribution in [0.25, 0.3) is 0 Å². The Morgan fingerprint density at radius 1 is 0.855 bits per heavy atom. The Balaban J connectivity index is 1.75. The number of β-lactam (4-membered cyclic amide) rings is 1. The fourth-order valence-corrected chi connectivity index (χ4v) is 8.92. The van der Waals surface area contributed by atoms with E-state index in [1.165, 1.54) is 114 Å². The summed E-state index contributed by atoms with van der Waals surface area (Å²) in [6, 6.07) is 1.05. The number of carbonyl (C=O) groups is 6. The summed E-state index contributed by atoms with van der Waals surface area (Å²) in [5, 5.41) is 8.44. The summed E-state index contributed by atoms with van der Waals surface area (Å²) in [4.78, 5) is 85.9. The smallest absolute Gasteiger partial charge is 0.404 e. The third kappa shape index (κ3) is 17.3. The predicted molar refractivity (Wildman–Crippen MR) is 237 cm³/mol. The van der Waals surface area contributed by atoms with E-state index < -0.39 is 65.9 Å². The van der Waals surface area contributed by atoms with E-state index in [0.29, 0.717) is 19.3 Å². The summed E-state index contributed by atoms with van der Waals surface area (Å²) in [5.74, 6) is -3.42. The molecule has 0 spiro atoms. The summed E-state index contributed by atoms with van der Waals surface area (Å²) in [6.45, 7) is 3.99. The highest BCUT2D eigenvalue weighted by Gasteiger charge is 2.55. The molecule has 3 heterocycles. The number of amides is 4. The normalized spacial score (nSPS) is 17.1. The van der Waals surface area contributed by atoms with E-state index in [1.807, 2.05) is 0 Å². The second-order valence-corrected chi connectivity index (χ2v) is 17.0. The number of unbranched alkanes of at least 4 members (excludes halogenated alkanes) is 18. The molecule has 0 aliphatic carbocycles. The monoisotopic (exact) mass is 889 g/mol. The number of nitrogens with two attached hydrogens (primary N) is 1. The first kappa shape index (κ1) is 51.8. The molecule has 0 saturated carbocycles. The summed E-state index contributed by atoms with van der Waals surface area (Å²) in [5.41, 5.74) is 5.09. The van der Waals surface area contributed by atoms with E-state index in [0.717, 1.165) is 44.9 Å². The average molecular weight is 890 g/mol. The fourth-order valence-electron chi connectivity index (χ4n) is 7.59. The first-order valence-electron chi connectivity index (χ1n) is 22.7. The molecule has 3 rings (SSSR count). The number of methoxy groups -OCH3 is 1. The van der Waals surface area contributed by atoms with Crippen LogP contribution in [0.3, 0.4) is 0 Å². The molecule has 2 aliphatic rings. The number of hydrogen-bond acceptors (Lipinski definition) is 13. The molecule has 1 aromatic heterocycles. The van der Waals surface area contributed by atoms with E-state index >= 15 is 0 Å². The summed E-state index contributed by atoms with van der Waals surface area (Å²) < 4.78 is 21.4. The first-order chi connectivity index (χ1) is 30.1. The number of carbonyl (C=O) groups excluding carboxylic acids is 6. The molecule has 1 unspecified atom stereocenters. The maximum absolute atomic E-state index is 14.2. The molecule has 2 aliphatic heterocycles. The van der Waals surface area contributed by atoms with Crippen LogP contribution in [0.5, 0.6) is 0 Å². The maximum atomic E-state index is 14.2. The summed E-state index contributed by atoms with van der Waals surface area (Å²) in [6.07, 6.45) is 21.2. The zero-order chi connectivity index (χ0) is 45.1. The summed E-state index contributed by atoms with van der Waals surface area (Å²) in [7, 11) is 2.53. The van der Waals surface area contributed by atoms with Crippen molar-refractivity contribution in [2.24, 2.45) is 10.9 Å². The largest absolute Gasteiger partial charge is 0.467 e. The van der Waals surface area contributed by atoms with Gasteiger partial charge in [0.2, 0.25) is 5.71 Å². The minimum absolute atomic E-state index is 0.105. The van der Waals surface area contributed by atoms with Crippen LogP contribution in [-0.2, 0) is 43.0 Å². The highest BCUT2D eigenvalue weighted by Crippen LogP contribution is 2.41. The van der Waals surface area contributed by atoms with Crippen molar-refractivity contribution in [3.05, 3.63) is 35.4 Å². The number of nitrogens with zero attached hydrogens (tertiary/aromatic N) is 2. The Morgan fingerprint density at radius 2 is 1.42 bits per heavy atom. The lowest BCUT2D eigenvalue weighted by Gasteiger charge is -2.49. The van der Waals surface area contributed by atoms with Crippen LogP contribution in [0.4, 0.5) is 4.79 Å². The molecule has 0 radical (unpaired) electrons. The summed E-state index contributed by atoms with van der Waals surface area (Å²) >= 11 is 1.22. The molecule has 1 fully saturated rings. The highest BCUT2D eigenvalue weighted by molar-refractivity contribution is 8.00. The average Bonchev–Trinajstić information content (AvgIpc) is 3.81. The SMILES string of the molecule is CCCCCCCCCCCCC(NC(=O)[C@H](CCCCCCCCCCCC)OC(=O)C1=C(COC(N)=O)CS[C@@H]2[C@H](NC(=O)/C(=N\OC)c3ccco3)C(=O)N12)C(=O)OC. The van der Waals surface area contributed by atoms with Crippen molar-refractivity contribution in [2.75, 3.05) is 26.6 Å². The van der Waals surface area contributed by atoms with Gasteiger partial charge in [-0.25, -0.2) is 14.4 Å². The van der Waals surface area contributed by atoms with Gasteiger partial charge >= 0.3 is 18.0 Å². The number of primary amides is 1. The number of oxime groups is 1. The van der Waals surface area contributed by atoms with E-state index in [4.69, 9.17) is 29.2 Å². The van der Waals surface area contributed by atoms with E-state index in [-0.39, 0.29) is 34.9 Å². The van der Waals surface area contributed by atoms with Gasteiger partial charge in [-0.15, -0.1) is 11.8 Å². The van der Waals surface area contributed by atoms with Gasteiger partial charge < -0.3 is 39.8 Å². The molecule has 16 nitrogen and oxygen atoms in total. The molecule has 17 heteroatoms. The van der Waals surface area contributed by atoms with Gasteiger partial charge in [0.1, 0.15) is 36.9 Å². The van der Waals surface area contributed by atoms with Crippen molar-refractivity contribution >= 4 is 53.2 Å². The van der Waals surface area contributed by atoms with Gasteiger partial charge in [-0.3, -0.25) is 19.3 Å². The Bertz CT molecular complexity index is 1620. The number of nitrogens with one attached hydrogen (secondary N) is 2. The van der Waals surface area contributed by atoms with E-state index in [1.54, 1.807) is 6.07 Å². The Labute approximate surface area is 371 Å². The van der Waals surface area contributed by atoms with Crippen LogP contribution in [0.1, 0.15) is 161 Å². The third-order valence-electron chi connectivity index (χ3n) is 11.1. The quantitative estimate of drug-likeness (QED) is 0.0155. The number of ether oxygens (including phenoxy) is 3. The third-order valence-corrected chi connectivity index (χ3v) is 12.4. The zero-order valence-electron chi connectivity index (χ0n) is 37.4. The van der Waals surface area contributed by atoms with Gasteiger partial charge in [-0.05, 0) is 31.4 Å². The molecule has 348 valence electrons. The lowest BCUT2D eigenvalue weighted by atomic mass is 10.0. The topological polar surface area (TPSA) is 218 Å². The van der Waals surface area contributed by atoms with Crippen LogP contribution < -0.4 is 16.4 Å². The minimum Gasteiger partial charge on any atom is -0.467 e. The predicted octanol–water partition coefficient (Wildman–Crippen LogP) is 7.57. The lowest BCUT2D eigenvalue weighted by Crippen LogP contribution is -2.71. The number of rotatable bonds is 33. The first-order valence-corrected chi connectivity index (χ1v) is 23.8. The number of furan rings is 1.